The van der Waals surface area contributed by atoms with E-state index in [0.29, 0.717) is 17.8 Å². The van der Waals surface area contributed by atoms with Gasteiger partial charge in [0.25, 0.3) is 0 Å². The zero-order valence-corrected chi connectivity index (χ0v) is 14.8. The van der Waals surface area contributed by atoms with Gasteiger partial charge in [-0.2, -0.15) is 4.99 Å². The van der Waals surface area contributed by atoms with Crippen molar-refractivity contribution in [1.29, 1.82) is 0 Å². The van der Waals surface area contributed by atoms with Crippen LogP contribution < -0.4 is 0 Å². The molecule has 4 aliphatic rings. The Morgan fingerprint density at radius 1 is 1.08 bits per heavy atom. The molecule has 3 saturated heterocycles. The summed E-state index contributed by atoms with van der Waals surface area (Å²) in [6, 6.07) is 10.6. The molecule has 1 aromatic carbocycles. The second-order valence-electron chi connectivity index (χ2n) is 7.80. The first kappa shape index (κ1) is 16.8. The van der Waals surface area contributed by atoms with Crippen molar-refractivity contribution in [2.75, 3.05) is 19.6 Å². The Bertz CT molecular complexity index is 608. The number of carbonyl (C=O) groups excluding carboxylic acids is 1. The second kappa shape index (κ2) is 7.69. The molecule has 0 radical (unpaired) electrons. The van der Waals surface area contributed by atoms with Crippen molar-refractivity contribution in [3.63, 3.8) is 0 Å². The van der Waals surface area contributed by atoms with Gasteiger partial charge in [-0.1, -0.05) is 43.2 Å². The van der Waals surface area contributed by atoms with Crippen LogP contribution in [0.15, 0.2) is 35.3 Å². The number of carbonyl (C=O) groups is 1. The van der Waals surface area contributed by atoms with Crippen molar-refractivity contribution in [2.45, 2.75) is 50.5 Å². The molecule has 3 aliphatic heterocycles. The quantitative estimate of drug-likeness (QED) is 0.772. The number of piperidine rings is 3. The van der Waals surface area contributed by atoms with Gasteiger partial charge in [0.05, 0.1) is 0 Å². The van der Waals surface area contributed by atoms with Crippen LogP contribution >= 0.6 is 0 Å². The second-order valence-corrected chi connectivity index (χ2v) is 7.80. The van der Waals surface area contributed by atoms with Gasteiger partial charge < -0.3 is 4.74 Å². The number of nitrogens with zero attached hydrogens (tertiary/aromatic N) is 2. The number of rotatable bonds is 3. The molecule has 2 bridgehead atoms. The van der Waals surface area contributed by atoms with Gasteiger partial charge in [-0.25, -0.2) is 4.79 Å². The van der Waals surface area contributed by atoms with Gasteiger partial charge in [-0.3, -0.25) is 4.90 Å². The van der Waals surface area contributed by atoms with Crippen LogP contribution in [0.2, 0.25) is 0 Å². The highest BCUT2D eigenvalue weighted by atomic mass is 16.6. The third-order valence-electron chi connectivity index (χ3n) is 6.27. The summed E-state index contributed by atoms with van der Waals surface area (Å²) in [7, 11) is 0. The molecule has 5 rings (SSSR count). The van der Waals surface area contributed by atoms with E-state index in [1.807, 2.05) is 6.21 Å². The molecule has 3 heterocycles. The van der Waals surface area contributed by atoms with E-state index in [1.54, 1.807) is 0 Å². The van der Waals surface area contributed by atoms with Gasteiger partial charge in [0.15, 0.2) is 0 Å². The molecular weight excluding hydrogens is 312 g/mol. The van der Waals surface area contributed by atoms with E-state index in [2.05, 4.69) is 40.2 Å². The van der Waals surface area contributed by atoms with Crippen LogP contribution in [0, 0.1) is 11.8 Å². The number of hydrogen-bond acceptors (Lipinski definition) is 3. The third-order valence-corrected chi connectivity index (χ3v) is 6.27. The normalized spacial score (nSPS) is 35.0. The Morgan fingerprint density at radius 3 is 2.56 bits per heavy atom. The maximum atomic E-state index is 12.2. The smallest absolute Gasteiger partial charge is 0.433 e. The van der Waals surface area contributed by atoms with Crippen LogP contribution in [-0.2, 0) is 4.74 Å². The summed E-state index contributed by atoms with van der Waals surface area (Å²) in [5.41, 5.74) is 1.37. The van der Waals surface area contributed by atoms with Gasteiger partial charge >= 0.3 is 6.09 Å². The molecule has 0 spiro atoms. The minimum atomic E-state index is -0.392. The van der Waals surface area contributed by atoms with E-state index < -0.39 is 6.09 Å². The third kappa shape index (κ3) is 3.95. The van der Waals surface area contributed by atoms with Gasteiger partial charge in [-0.15, -0.1) is 0 Å². The molecule has 4 nitrogen and oxygen atoms in total. The molecule has 1 amide bonds. The van der Waals surface area contributed by atoms with E-state index in [1.165, 1.54) is 24.8 Å². The van der Waals surface area contributed by atoms with Crippen molar-refractivity contribution in [3.8, 4) is 0 Å². The Morgan fingerprint density at radius 2 is 1.84 bits per heavy atom. The van der Waals surface area contributed by atoms with Gasteiger partial charge in [0.1, 0.15) is 6.10 Å². The molecule has 3 atom stereocenters. The van der Waals surface area contributed by atoms with E-state index in [-0.39, 0.29) is 6.10 Å². The number of hydrogen-bond donors (Lipinski definition) is 0. The molecule has 0 aromatic heterocycles. The minimum absolute atomic E-state index is 0.0448. The summed E-state index contributed by atoms with van der Waals surface area (Å²) < 4.78 is 5.68. The summed E-state index contributed by atoms with van der Waals surface area (Å²) in [6.45, 7) is 3.20. The Labute approximate surface area is 150 Å². The Hall–Kier alpha value is -1.68. The monoisotopic (exact) mass is 340 g/mol. The van der Waals surface area contributed by atoms with Crippen molar-refractivity contribution >= 4 is 12.3 Å². The first-order chi connectivity index (χ1) is 12.3. The van der Waals surface area contributed by atoms with Gasteiger partial charge in [-0.05, 0) is 56.2 Å². The molecule has 25 heavy (non-hydrogen) atoms. The highest BCUT2D eigenvalue weighted by Gasteiger charge is 2.36. The lowest BCUT2D eigenvalue weighted by molar-refractivity contribution is -0.0302. The van der Waals surface area contributed by atoms with Crippen LogP contribution in [0.5, 0.6) is 0 Å². The average molecular weight is 340 g/mol. The average Bonchev–Trinajstić information content (AvgIpc) is 2.68. The summed E-state index contributed by atoms with van der Waals surface area (Å²) >= 11 is 0. The van der Waals surface area contributed by atoms with E-state index in [0.717, 1.165) is 38.9 Å². The summed E-state index contributed by atoms with van der Waals surface area (Å²) in [6.07, 6.45) is 8.59. The number of ether oxygens (including phenoxy) is 1. The van der Waals surface area contributed by atoms with Crippen LogP contribution in [0.25, 0.3) is 0 Å². The molecule has 0 N–H and O–H groups in total. The summed E-state index contributed by atoms with van der Waals surface area (Å²) in [5.74, 6) is 1.36. The van der Waals surface area contributed by atoms with Crippen molar-refractivity contribution < 1.29 is 9.53 Å². The van der Waals surface area contributed by atoms with Gasteiger partial charge in [0.2, 0.25) is 0 Å². The first-order valence-electron chi connectivity index (χ1n) is 9.82. The number of amides is 1. The zero-order valence-electron chi connectivity index (χ0n) is 14.8. The SMILES string of the molecule is O=C(N=CC1CCCC[C@H]1c1ccccc1)O[C@@H]1CN2CCC1CC2. The maximum Gasteiger partial charge on any atom is 0.433 e. The van der Waals surface area contributed by atoms with Crippen LogP contribution in [0.4, 0.5) is 4.79 Å². The Balaban J connectivity index is 1.37. The fraction of sp³-hybridized carbons (Fsp3) is 0.619. The van der Waals surface area contributed by atoms with Crippen molar-refractivity contribution in [2.24, 2.45) is 16.8 Å². The molecule has 1 saturated carbocycles. The highest BCUT2D eigenvalue weighted by Crippen LogP contribution is 2.37. The van der Waals surface area contributed by atoms with Crippen molar-refractivity contribution in [1.82, 2.24) is 4.90 Å². The minimum Gasteiger partial charge on any atom is -0.443 e. The lowest BCUT2D eigenvalue weighted by atomic mass is 9.76. The predicted octanol–water partition coefficient (Wildman–Crippen LogP) is 4.26. The zero-order chi connectivity index (χ0) is 17.1. The molecule has 4 heteroatoms. The standard InChI is InChI=1S/C21H28N2O2/c24-21(25-20-15-23-12-10-17(20)11-13-23)22-14-18-8-4-5-9-19(18)16-6-2-1-3-7-16/h1-3,6-7,14,17-20H,4-5,8-13,15H2/t18?,19-,20+/m0/s1. The number of benzene rings is 1. The van der Waals surface area contributed by atoms with E-state index in [4.69, 9.17) is 4.74 Å². The lowest BCUT2D eigenvalue weighted by Gasteiger charge is -2.43. The molecule has 134 valence electrons. The predicted molar refractivity (Wildman–Crippen MR) is 99.1 cm³/mol. The highest BCUT2D eigenvalue weighted by molar-refractivity contribution is 5.80. The van der Waals surface area contributed by atoms with Crippen molar-refractivity contribution in [3.05, 3.63) is 35.9 Å². The fourth-order valence-corrected chi connectivity index (χ4v) is 4.81. The van der Waals surface area contributed by atoms with E-state index in [9.17, 15) is 4.79 Å². The number of aliphatic imine (C=N–C) groups is 1. The number of fused-ring (bicyclic) bond motifs is 3. The molecular formula is C21H28N2O2. The molecule has 1 aromatic rings. The first-order valence-corrected chi connectivity index (χ1v) is 9.82. The Kier molecular flexibility index (Phi) is 5.16. The molecule has 4 fully saturated rings. The van der Waals surface area contributed by atoms with Crippen LogP contribution in [0.1, 0.15) is 50.0 Å². The fourth-order valence-electron chi connectivity index (χ4n) is 4.81. The van der Waals surface area contributed by atoms with E-state index >= 15 is 0 Å². The maximum absolute atomic E-state index is 12.2. The lowest BCUT2D eigenvalue weighted by Crippen LogP contribution is -2.51. The van der Waals surface area contributed by atoms with Crippen LogP contribution in [-0.4, -0.2) is 42.9 Å². The topological polar surface area (TPSA) is 41.9 Å². The van der Waals surface area contributed by atoms with Gasteiger partial charge in [0, 0.05) is 18.7 Å². The molecule has 1 aliphatic carbocycles. The largest absolute Gasteiger partial charge is 0.443 e. The summed E-state index contributed by atoms with van der Waals surface area (Å²) in [4.78, 5) is 18.8. The van der Waals surface area contributed by atoms with Crippen LogP contribution in [0.3, 0.4) is 0 Å². The molecule has 1 unspecified atom stereocenters. The summed E-state index contributed by atoms with van der Waals surface area (Å²) in [5, 5.41) is 0.